The summed E-state index contributed by atoms with van der Waals surface area (Å²) in [5, 5.41) is 2.85. The van der Waals surface area contributed by atoms with Gasteiger partial charge in [0.25, 0.3) is 5.91 Å². The van der Waals surface area contributed by atoms with Crippen LogP contribution in [0.2, 0.25) is 0 Å². The van der Waals surface area contributed by atoms with Crippen LogP contribution in [0.4, 0.5) is 8.78 Å². The van der Waals surface area contributed by atoms with Gasteiger partial charge in [-0.15, -0.1) is 12.4 Å². The molecule has 5 nitrogen and oxygen atoms in total. The number of nitrogens with two attached hydrogens (primary N) is 1. The van der Waals surface area contributed by atoms with E-state index < -0.39 is 6.61 Å². The highest BCUT2D eigenvalue weighted by atomic mass is 35.5. The molecule has 1 aromatic rings. The molecule has 1 aliphatic carbocycles. The second kappa shape index (κ2) is 8.14. The summed E-state index contributed by atoms with van der Waals surface area (Å²) in [6.07, 6.45) is 2.12. The molecule has 1 unspecified atom stereocenters. The third-order valence-electron chi connectivity index (χ3n) is 3.40. The predicted octanol–water partition coefficient (Wildman–Crippen LogP) is 2.19. The number of amides is 1. The second-order valence-electron chi connectivity index (χ2n) is 4.90. The summed E-state index contributed by atoms with van der Waals surface area (Å²) >= 11 is 0. The van der Waals surface area contributed by atoms with Crippen LogP contribution >= 0.6 is 12.4 Å². The molecule has 1 atom stereocenters. The first kappa shape index (κ1) is 18.4. The summed E-state index contributed by atoms with van der Waals surface area (Å²) in [5.41, 5.74) is 5.94. The topological polar surface area (TPSA) is 73.6 Å². The molecule has 2 rings (SSSR count). The van der Waals surface area contributed by atoms with E-state index in [1.165, 1.54) is 25.3 Å². The number of hydrogen-bond donors (Lipinski definition) is 2. The number of methoxy groups -OCH3 is 1. The zero-order valence-corrected chi connectivity index (χ0v) is 12.9. The Morgan fingerprint density at radius 2 is 2.09 bits per heavy atom. The predicted molar refractivity (Wildman–Crippen MR) is 79.9 cm³/mol. The molecule has 0 radical (unpaired) electrons. The maximum Gasteiger partial charge on any atom is 0.387 e. The average molecular weight is 337 g/mol. The van der Waals surface area contributed by atoms with Crippen LogP contribution in [0.15, 0.2) is 18.2 Å². The maximum atomic E-state index is 12.2. The van der Waals surface area contributed by atoms with Crippen molar-refractivity contribution in [3.63, 3.8) is 0 Å². The molecule has 3 N–H and O–H groups in total. The van der Waals surface area contributed by atoms with Gasteiger partial charge in [0.1, 0.15) is 0 Å². The Labute approximate surface area is 133 Å². The van der Waals surface area contributed by atoms with Crippen molar-refractivity contribution in [2.45, 2.75) is 25.5 Å². The molecular weight excluding hydrogens is 318 g/mol. The van der Waals surface area contributed by atoms with Crippen molar-refractivity contribution < 1.29 is 23.0 Å². The van der Waals surface area contributed by atoms with Gasteiger partial charge in [0.15, 0.2) is 11.5 Å². The third kappa shape index (κ3) is 4.71. The zero-order chi connectivity index (χ0) is 15.4. The van der Waals surface area contributed by atoms with Gasteiger partial charge in [-0.2, -0.15) is 8.78 Å². The SMILES string of the molecule is COc1cc(C(=O)NC(CN)C2CC2)ccc1OC(F)F.Cl. The number of carbonyl (C=O) groups is 1. The third-order valence-corrected chi connectivity index (χ3v) is 3.40. The molecule has 0 spiro atoms. The monoisotopic (exact) mass is 336 g/mol. The quantitative estimate of drug-likeness (QED) is 0.800. The minimum Gasteiger partial charge on any atom is -0.493 e. The highest BCUT2D eigenvalue weighted by Gasteiger charge is 2.31. The Morgan fingerprint density at radius 3 is 2.59 bits per heavy atom. The van der Waals surface area contributed by atoms with Crippen molar-refractivity contribution in [1.29, 1.82) is 0 Å². The van der Waals surface area contributed by atoms with E-state index in [-0.39, 0.29) is 35.9 Å². The average Bonchev–Trinajstić information content (AvgIpc) is 3.28. The molecule has 1 saturated carbocycles. The highest BCUT2D eigenvalue weighted by Crippen LogP contribution is 2.33. The Kier molecular flexibility index (Phi) is 6.83. The Bertz CT molecular complexity index is 513. The molecule has 22 heavy (non-hydrogen) atoms. The summed E-state index contributed by atoms with van der Waals surface area (Å²) < 4.78 is 33.8. The van der Waals surface area contributed by atoms with Crippen LogP contribution < -0.4 is 20.5 Å². The molecule has 1 fully saturated rings. The van der Waals surface area contributed by atoms with Crippen molar-refractivity contribution >= 4 is 18.3 Å². The summed E-state index contributed by atoms with van der Waals surface area (Å²) in [5.74, 6) is 0.0989. The van der Waals surface area contributed by atoms with Crippen LogP contribution in [0.5, 0.6) is 11.5 Å². The van der Waals surface area contributed by atoms with Crippen molar-refractivity contribution in [3.8, 4) is 11.5 Å². The molecular formula is C14H19ClF2N2O3. The molecule has 0 aliphatic heterocycles. The number of alkyl halides is 2. The van der Waals surface area contributed by atoms with Crippen LogP contribution in [0.1, 0.15) is 23.2 Å². The van der Waals surface area contributed by atoms with E-state index in [2.05, 4.69) is 10.1 Å². The van der Waals surface area contributed by atoms with Gasteiger partial charge in [-0.1, -0.05) is 0 Å². The lowest BCUT2D eigenvalue weighted by Gasteiger charge is -2.17. The van der Waals surface area contributed by atoms with E-state index in [9.17, 15) is 13.6 Å². The molecule has 0 aromatic heterocycles. The number of rotatable bonds is 7. The van der Waals surface area contributed by atoms with Crippen molar-refractivity contribution in [3.05, 3.63) is 23.8 Å². The minimum absolute atomic E-state index is 0. The van der Waals surface area contributed by atoms with E-state index in [4.69, 9.17) is 10.5 Å². The summed E-state index contributed by atoms with van der Waals surface area (Å²) in [7, 11) is 1.32. The molecule has 1 amide bonds. The Hall–Kier alpha value is -1.60. The summed E-state index contributed by atoms with van der Waals surface area (Å²) in [6.45, 7) is -2.57. The lowest BCUT2D eigenvalue weighted by Crippen LogP contribution is -2.41. The number of benzene rings is 1. The number of hydrogen-bond acceptors (Lipinski definition) is 4. The van der Waals surface area contributed by atoms with E-state index in [0.29, 0.717) is 18.0 Å². The fourth-order valence-corrected chi connectivity index (χ4v) is 2.12. The smallest absolute Gasteiger partial charge is 0.387 e. The van der Waals surface area contributed by atoms with Gasteiger partial charge >= 0.3 is 6.61 Å². The number of carbonyl (C=O) groups excluding carboxylic acids is 1. The van der Waals surface area contributed by atoms with Crippen LogP contribution in [-0.2, 0) is 0 Å². The zero-order valence-electron chi connectivity index (χ0n) is 12.1. The van der Waals surface area contributed by atoms with Gasteiger partial charge in [0.2, 0.25) is 0 Å². The first-order valence-electron chi connectivity index (χ1n) is 6.69. The van der Waals surface area contributed by atoms with Crippen LogP contribution in [0.25, 0.3) is 0 Å². The van der Waals surface area contributed by atoms with Crippen molar-refractivity contribution in [2.75, 3.05) is 13.7 Å². The van der Waals surface area contributed by atoms with Crippen molar-refractivity contribution in [2.24, 2.45) is 11.7 Å². The van der Waals surface area contributed by atoms with Gasteiger partial charge in [-0.25, -0.2) is 0 Å². The number of ether oxygens (including phenoxy) is 2. The Morgan fingerprint density at radius 1 is 1.41 bits per heavy atom. The summed E-state index contributed by atoms with van der Waals surface area (Å²) in [6, 6.07) is 4.01. The fourth-order valence-electron chi connectivity index (χ4n) is 2.12. The van der Waals surface area contributed by atoms with Gasteiger partial charge < -0.3 is 20.5 Å². The van der Waals surface area contributed by atoms with Crippen molar-refractivity contribution in [1.82, 2.24) is 5.32 Å². The van der Waals surface area contributed by atoms with Gasteiger partial charge in [-0.3, -0.25) is 4.79 Å². The molecule has 0 saturated heterocycles. The first-order valence-corrected chi connectivity index (χ1v) is 6.69. The van der Waals surface area contributed by atoms with Gasteiger partial charge in [0, 0.05) is 18.2 Å². The maximum absolute atomic E-state index is 12.2. The van der Waals surface area contributed by atoms with E-state index in [1.807, 2.05) is 0 Å². The standard InChI is InChI=1S/C14H18F2N2O3.ClH/c1-20-12-6-9(4-5-11(12)21-14(15)16)13(19)18-10(7-17)8-2-3-8;/h4-6,8,10,14H,2-3,7,17H2,1H3,(H,18,19);1H. The fraction of sp³-hybridized carbons (Fsp3) is 0.500. The number of halogens is 3. The molecule has 0 heterocycles. The first-order chi connectivity index (χ1) is 10.0. The molecule has 1 aliphatic rings. The van der Waals surface area contributed by atoms with E-state index in [1.54, 1.807) is 0 Å². The normalized spacial score (nSPS) is 15.0. The largest absolute Gasteiger partial charge is 0.493 e. The second-order valence-corrected chi connectivity index (χ2v) is 4.90. The highest BCUT2D eigenvalue weighted by molar-refractivity contribution is 5.95. The lowest BCUT2D eigenvalue weighted by atomic mass is 10.1. The van der Waals surface area contributed by atoms with E-state index in [0.717, 1.165) is 12.8 Å². The van der Waals surface area contributed by atoms with Gasteiger partial charge in [-0.05, 0) is 37.0 Å². The molecule has 8 heteroatoms. The lowest BCUT2D eigenvalue weighted by molar-refractivity contribution is -0.0512. The number of nitrogens with one attached hydrogen (secondary N) is 1. The molecule has 0 bridgehead atoms. The van der Waals surface area contributed by atoms with Gasteiger partial charge in [0.05, 0.1) is 7.11 Å². The summed E-state index contributed by atoms with van der Waals surface area (Å²) in [4.78, 5) is 12.1. The minimum atomic E-state index is -2.95. The Balaban J connectivity index is 0.00000242. The van der Waals surface area contributed by atoms with Crippen LogP contribution in [0.3, 0.4) is 0 Å². The van der Waals surface area contributed by atoms with Crippen LogP contribution in [-0.4, -0.2) is 32.2 Å². The molecule has 124 valence electrons. The van der Waals surface area contributed by atoms with Crippen LogP contribution in [0, 0.1) is 5.92 Å². The van der Waals surface area contributed by atoms with E-state index >= 15 is 0 Å². The molecule has 1 aromatic carbocycles.